The minimum absolute atomic E-state index is 0.0813. The molecular weight excluding hydrogens is 221 g/mol. The Labute approximate surface area is 92.8 Å². The van der Waals surface area contributed by atoms with E-state index in [9.17, 15) is 18.3 Å². The van der Waals surface area contributed by atoms with Gasteiger partial charge in [0.2, 0.25) is 5.60 Å². The summed E-state index contributed by atoms with van der Waals surface area (Å²) in [7, 11) is 0. The van der Waals surface area contributed by atoms with Gasteiger partial charge in [0.25, 0.3) is 0 Å². The van der Waals surface area contributed by atoms with E-state index in [2.05, 4.69) is 0 Å². The van der Waals surface area contributed by atoms with E-state index in [0.717, 1.165) is 19.3 Å². The largest absolute Gasteiger partial charge is 0.423 e. The van der Waals surface area contributed by atoms with Gasteiger partial charge in [0.05, 0.1) is 6.61 Å². The number of hydrogen-bond donors (Lipinski definition) is 2. The van der Waals surface area contributed by atoms with Crippen LogP contribution in [0.1, 0.15) is 38.5 Å². The number of aliphatic hydroxyl groups excluding tert-OH is 1. The van der Waals surface area contributed by atoms with Crippen LogP contribution in [0.4, 0.5) is 13.2 Å². The summed E-state index contributed by atoms with van der Waals surface area (Å²) in [5.74, 6) is 0. The van der Waals surface area contributed by atoms with Crippen LogP contribution in [-0.4, -0.2) is 28.6 Å². The van der Waals surface area contributed by atoms with Crippen molar-refractivity contribution in [2.75, 3.05) is 6.61 Å². The number of allylic oxidation sites excluding steroid dienone is 1. The van der Waals surface area contributed by atoms with Crippen LogP contribution in [0.5, 0.6) is 0 Å². The van der Waals surface area contributed by atoms with Gasteiger partial charge in [0.1, 0.15) is 0 Å². The van der Waals surface area contributed by atoms with Gasteiger partial charge >= 0.3 is 6.18 Å². The second kappa shape index (κ2) is 5.19. The topological polar surface area (TPSA) is 40.5 Å². The zero-order valence-corrected chi connectivity index (χ0v) is 9.06. The number of halogens is 3. The van der Waals surface area contributed by atoms with E-state index < -0.39 is 18.4 Å². The summed E-state index contributed by atoms with van der Waals surface area (Å²) in [6.07, 6.45) is 0.705. The Morgan fingerprint density at radius 3 is 2.31 bits per heavy atom. The number of rotatable bonds is 2. The highest BCUT2D eigenvalue weighted by Gasteiger charge is 2.55. The van der Waals surface area contributed by atoms with Gasteiger partial charge in [0, 0.05) is 0 Å². The van der Waals surface area contributed by atoms with Crippen molar-refractivity contribution >= 4 is 0 Å². The molecule has 16 heavy (non-hydrogen) atoms. The van der Waals surface area contributed by atoms with Crippen LogP contribution in [-0.2, 0) is 0 Å². The van der Waals surface area contributed by atoms with E-state index in [-0.39, 0.29) is 12.0 Å². The minimum Gasteiger partial charge on any atom is -0.393 e. The molecule has 94 valence electrons. The van der Waals surface area contributed by atoms with Gasteiger partial charge in [0.15, 0.2) is 0 Å². The van der Waals surface area contributed by atoms with Gasteiger partial charge < -0.3 is 10.2 Å². The molecule has 2 nitrogen and oxygen atoms in total. The number of hydrogen-bond acceptors (Lipinski definition) is 2. The average molecular weight is 238 g/mol. The van der Waals surface area contributed by atoms with E-state index in [1.54, 1.807) is 0 Å². The van der Waals surface area contributed by atoms with Crippen LogP contribution in [0.2, 0.25) is 0 Å². The fraction of sp³-hybridized carbons (Fsp3) is 0.818. The van der Waals surface area contributed by atoms with E-state index in [4.69, 9.17) is 5.11 Å². The monoisotopic (exact) mass is 238 g/mol. The lowest BCUT2D eigenvalue weighted by Gasteiger charge is -2.32. The van der Waals surface area contributed by atoms with Crippen LogP contribution < -0.4 is 0 Å². The highest BCUT2D eigenvalue weighted by atomic mass is 19.4. The molecular formula is C11H17F3O2. The van der Waals surface area contributed by atoms with Crippen molar-refractivity contribution in [3.63, 3.8) is 0 Å². The molecule has 0 aromatic heterocycles. The molecule has 0 saturated carbocycles. The summed E-state index contributed by atoms with van der Waals surface area (Å²) in [4.78, 5) is 0. The predicted molar refractivity (Wildman–Crippen MR) is 53.9 cm³/mol. The Kier molecular flexibility index (Phi) is 4.38. The molecule has 0 aromatic carbocycles. The quantitative estimate of drug-likeness (QED) is 0.726. The first-order valence-corrected chi connectivity index (χ1v) is 5.51. The second-order valence-corrected chi connectivity index (χ2v) is 4.20. The van der Waals surface area contributed by atoms with Gasteiger partial charge in [-0.05, 0) is 31.3 Å². The van der Waals surface area contributed by atoms with Crippen molar-refractivity contribution in [2.24, 2.45) is 0 Å². The van der Waals surface area contributed by atoms with Crippen LogP contribution in [0.15, 0.2) is 11.6 Å². The first-order valence-electron chi connectivity index (χ1n) is 5.51. The molecule has 0 aliphatic heterocycles. The Hall–Kier alpha value is -0.550. The Bertz CT molecular complexity index is 260. The third-order valence-electron chi connectivity index (χ3n) is 3.02. The van der Waals surface area contributed by atoms with E-state index >= 15 is 0 Å². The lowest BCUT2D eigenvalue weighted by atomic mass is 9.86. The molecule has 1 unspecified atom stereocenters. The van der Waals surface area contributed by atoms with Crippen LogP contribution in [0.25, 0.3) is 0 Å². The van der Waals surface area contributed by atoms with E-state index in [1.807, 2.05) is 0 Å². The molecule has 0 spiro atoms. The normalized spacial score (nSPS) is 26.2. The zero-order valence-electron chi connectivity index (χ0n) is 9.06. The van der Waals surface area contributed by atoms with Crippen molar-refractivity contribution in [1.82, 2.24) is 0 Å². The Balaban J connectivity index is 2.93. The summed E-state index contributed by atoms with van der Waals surface area (Å²) in [6, 6.07) is 0. The molecule has 1 aliphatic carbocycles. The third-order valence-corrected chi connectivity index (χ3v) is 3.02. The maximum absolute atomic E-state index is 12.7. The summed E-state index contributed by atoms with van der Waals surface area (Å²) in [5.41, 5.74) is -3.13. The number of alkyl halides is 3. The van der Waals surface area contributed by atoms with Crippen molar-refractivity contribution in [1.29, 1.82) is 0 Å². The van der Waals surface area contributed by atoms with Crippen LogP contribution in [0.3, 0.4) is 0 Å². The molecule has 2 N–H and O–H groups in total. The SMILES string of the molecule is OCC(O)(/C1=C/CCCCCC1)C(F)(F)F. The average Bonchev–Trinajstić information content (AvgIpc) is 2.14. The fourth-order valence-corrected chi connectivity index (χ4v) is 1.94. The van der Waals surface area contributed by atoms with Crippen molar-refractivity contribution in [2.45, 2.75) is 50.3 Å². The van der Waals surface area contributed by atoms with Gasteiger partial charge in [-0.15, -0.1) is 0 Å². The third kappa shape index (κ3) is 2.77. The highest BCUT2D eigenvalue weighted by molar-refractivity contribution is 5.20. The molecule has 0 amide bonds. The summed E-state index contributed by atoms with van der Waals surface area (Å²) >= 11 is 0. The fourth-order valence-electron chi connectivity index (χ4n) is 1.94. The lowest BCUT2D eigenvalue weighted by Crippen LogP contribution is -2.50. The van der Waals surface area contributed by atoms with Crippen molar-refractivity contribution < 1.29 is 23.4 Å². The molecule has 0 saturated heterocycles. The first-order chi connectivity index (χ1) is 7.42. The molecule has 0 bridgehead atoms. The molecule has 0 heterocycles. The molecule has 1 rings (SSSR count). The molecule has 0 aromatic rings. The van der Waals surface area contributed by atoms with E-state index in [0.29, 0.717) is 12.8 Å². The summed E-state index contributed by atoms with van der Waals surface area (Å²) in [5, 5.41) is 18.4. The first kappa shape index (κ1) is 13.5. The Morgan fingerprint density at radius 1 is 1.12 bits per heavy atom. The minimum atomic E-state index is -4.81. The molecule has 5 heteroatoms. The predicted octanol–water partition coefficient (Wildman–Crippen LogP) is 2.55. The zero-order chi connectivity index (χ0) is 12.2. The standard InChI is InChI=1S/C11H17F3O2/c12-11(13,14)10(16,8-15)9-6-4-2-1-3-5-7-9/h6,15-16H,1-5,7-8H2/b9-6+. The molecule has 1 aliphatic rings. The summed E-state index contributed by atoms with van der Waals surface area (Å²) < 4.78 is 38.0. The van der Waals surface area contributed by atoms with Gasteiger partial charge in [-0.1, -0.05) is 18.9 Å². The molecule has 0 fully saturated rings. The van der Waals surface area contributed by atoms with Crippen molar-refractivity contribution in [3.05, 3.63) is 11.6 Å². The highest BCUT2D eigenvalue weighted by Crippen LogP contribution is 2.38. The van der Waals surface area contributed by atoms with Crippen molar-refractivity contribution in [3.8, 4) is 0 Å². The summed E-state index contributed by atoms with van der Waals surface area (Å²) in [6.45, 7) is -1.30. The van der Waals surface area contributed by atoms with E-state index in [1.165, 1.54) is 6.08 Å². The van der Waals surface area contributed by atoms with Gasteiger partial charge in [-0.3, -0.25) is 0 Å². The Morgan fingerprint density at radius 2 is 1.75 bits per heavy atom. The van der Waals surface area contributed by atoms with Gasteiger partial charge in [-0.25, -0.2) is 0 Å². The molecule has 0 radical (unpaired) electrons. The van der Waals surface area contributed by atoms with Crippen LogP contribution in [0, 0.1) is 0 Å². The second-order valence-electron chi connectivity index (χ2n) is 4.20. The van der Waals surface area contributed by atoms with Crippen LogP contribution >= 0.6 is 0 Å². The molecule has 1 atom stereocenters. The smallest absolute Gasteiger partial charge is 0.393 e. The maximum Gasteiger partial charge on any atom is 0.423 e. The maximum atomic E-state index is 12.7. The number of aliphatic hydroxyl groups is 2. The lowest BCUT2D eigenvalue weighted by molar-refractivity contribution is -0.255. The van der Waals surface area contributed by atoms with Gasteiger partial charge in [-0.2, -0.15) is 13.2 Å².